The van der Waals surface area contributed by atoms with Crippen LogP contribution in [0.25, 0.3) is 0 Å². The molecule has 0 saturated heterocycles. The van der Waals surface area contributed by atoms with Crippen LogP contribution in [0.15, 0.2) is 47.4 Å². The molecule has 0 spiro atoms. The Labute approximate surface area is 134 Å². The van der Waals surface area contributed by atoms with E-state index in [4.69, 9.17) is 0 Å². The molecule has 0 bridgehead atoms. The van der Waals surface area contributed by atoms with Crippen LogP contribution in [0, 0.1) is 18.6 Å². The average Bonchev–Trinajstić information content (AvgIpc) is 2.50. The number of hydrogen-bond donors (Lipinski definition) is 2. The minimum absolute atomic E-state index is 0.00916. The fourth-order valence-electron chi connectivity index (χ4n) is 1.99. The van der Waals surface area contributed by atoms with Crippen molar-refractivity contribution in [2.45, 2.75) is 18.4 Å². The Kier molecular flexibility index (Phi) is 5.81. The first kappa shape index (κ1) is 17.5. The normalized spacial score (nSPS) is 11.6. The molecular formula is C16H18F2N2O2S. The van der Waals surface area contributed by atoms with Crippen LogP contribution in [0.1, 0.15) is 11.1 Å². The molecule has 0 aromatic heterocycles. The zero-order valence-corrected chi connectivity index (χ0v) is 13.5. The molecule has 7 heteroatoms. The monoisotopic (exact) mass is 340 g/mol. The van der Waals surface area contributed by atoms with Gasteiger partial charge in [-0.2, -0.15) is 0 Å². The highest BCUT2D eigenvalue weighted by Crippen LogP contribution is 2.11. The van der Waals surface area contributed by atoms with E-state index in [1.807, 2.05) is 6.92 Å². The Morgan fingerprint density at radius 1 is 0.957 bits per heavy atom. The minimum atomic E-state index is -3.58. The van der Waals surface area contributed by atoms with Crippen molar-refractivity contribution in [1.29, 1.82) is 0 Å². The predicted octanol–water partition coefficient (Wildman–Crippen LogP) is 2.34. The summed E-state index contributed by atoms with van der Waals surface area (Å²) in [6.45, 7) is 2.23. The van der Waals surface area contributed by atoms with E-state index in [9.17, 15) is 17.2 Å². The number of aryl methyl sites for hydroxylation is 1. The van der Waals surface area contributed by atoms with Crippen molar-refractivity contribution < 1.29 is 17.2 Å². The molecule has 23 heavy (non-hydrogen) atoms. The minimum Gasteiger partial charge on any atom is -0.311 e. The van der Waals surface area contributed by atoms with Crippen LogP contribution >= 0.6 is 0 Å². The summed E-state index contributed by atoms with van der Waals surface area (Å²) in [5.74, 6) is -1.25. The molecular weight excluding hydrogens is 322 g/mol. The molecule has 0 unspecified atom stereocenters. The SMILES string of the molecule is Cc1ccc(S(=O)(=O)NCCNCc2c(F)cccc2F)cc1. The van der Waals surface area contributed by atoms with Crippen molar-refractivity contribution in [2.75, 3.05) is 13.1 Å². The van der Waals surface area contributed by atoms with Crippen molar-refractivity contribution in [3.63, 3.8) is 0 Å². The molecule has 2 rings (SSSR count). The Morgan fingerprint density at radius 3 is 2.17 bits per heavy atom. The van der Waals surface area contributed by atoms with Gasteiger partial charge >= 0.3 is 0 Å². The fourth-order valence-corrected chi connectivity index (χ4v) is 3.02. The van der Waals surface area contributed by atoms with Crippen LogP contribution in [0.3, 0.4) is 0 Å². The van der Waals surface area contributed by atoms with Gasteiger partial charge in [0.05, 0.1) is 4.90 Å². The third-order valence-electron chi connectivity index (χ3n) is 3.29. The van der Waals surface area contributed by atoms with Gasteiger partial charge in [0.1, 0.15) is 11.6 Å². The first-order valence-electron chi connectivity index (χ1n) is 7.10. The number of benzene rings is 2. The molecule has 0 radical (unpaired) electrons. The number of halogens is 2. The maximum Gasteiger partial charge on any atom is 0.240 e. The molecule has 2 aromatic rings. The lowest BCUT2D eigenvalue weighted by atomic mass is 10.2. The maximum atomic E-state index is 13.4. The second-order valence-corrected chi connectivity index (χ2v) is 6.85. The zero-order chi connectivity index (χ0) is 16.9. The average molecular weight is 340 g/mol. The van der Waals surface area contributed by atoms with Crippen LogP contribution < -0.4 is 10.0 Å². The van der Waals surface area contributed by atoms with E-state index in [-0.39, 0.29) is 30.1 Å². The topological polar surface area (TPSA) is 58.2 Å². The fraction of sp³-hybridized carbons (Fsp3) is 0.250. The summed E-state index contributed by atoms with van der Waals surface area (Å²) in [5, 5.41) is 2.81. The van der Waals surface area contributed by atoms with Crippen LogP contribution in [-0.2, 0) is 16.6 Å². The molecule has 2 aromatic carbocycles. The van der Waals surface area contributed by atoms with E-state index >= 15 is 0 Å². The molecule has 2 N–H and O–H groups in total. The highest BCUT2D eigenvalue weighted by Gasteiger charge is 2.12. The summed E-state index contributed by atoms with van der Waals surface area (Å²) in [4.78, 5) is 0.184. The Morgan fingerprint density at radius 2 is 1.57 bits per heavy atom. The van der Waals surface area contributed by atoms with E-state index in [1.54, 1.807) is 12.1 Å². The molecule has 0 amide bonds. The molecule has 0 heterocycles. The lowest BCUT2D eigenvalue weighted by molar-refractivity contribution is 0.533. The second-order valence-electron chi connectivity index (χ2n) is 5.09. The first-order valence-corrected chi connectivity index (χ1v) is 8.58. The third-order valence-corrected chi connectivity index (χ3v) is 4.77. The quantitative estimate of drug-likeness (QED) is 0.761. The van der Waals surface area contributed by atoms with Gasteiger partial charge in [-0.1, -0.05) is 23.8 Å². The molecule has 4 nitrogen and oxygen atoms in total. The Bertz CT molecular complexity index is 742. The van der Waals surface area contributed by atoms with Gasteiger partial charge in [-0.25, -0.2) is 21.9 Å². The van der Waals surface area contributed by atoms with Crippen molar-refractivity contribution in [2.24, 2.45) is 0 Å². The zero-order valence-electron chi connectivity index (χ0n) is 12.6. The van der Waals surface area contributed by atoms with Gasteiger partial charge in [0.15, 0.2) is 0 Å². The van der Waals surface area contributed by atoms with Gasteiger partial charge in [0, 0.05) is 25.2 Å². The van der Waals surface area contributed by atoms with E-state index in [0.29, 0.717) is 0 Å². The van der Waals surface area contributed by atoms with E-state index in [0.717, 1.165) is 5.56 Å². The molecule has 124 valence electrons. The van der Waals surface area contributed by atoms with Crippen LogP contribution in [0.4, 0.5) is 8.78 Å². The van der Waals surface area contributed by atoms with E-state index in [2.05, 4.69) is 10.0 Å². The van der Waals surface area contributed by atoms with Gasteiger partial charge in [-0.15, -0.1) is 0 Å². The Hall–Kier alpha value is -1.83. The van der Waals surface area contributed by atoms with Gasteiger partial charge in [0.2, 0.25) is 10.0 Å². The summed E-state index contributed by atoms with van der Waals surface area (Å²) in [6.07, 6.45) is 0. The molecule has 0 fully saturated rings. The van der Waals surface area contributed by atoms with E-state index < -0.39 is 21.7 Å². The van der Waals surface area contributed by atoms with Crippen LogP contribution in [0.5, 0.6) is 0 Å². The van der Waals surface area contributed by atoms with Gasteiger partial charge < -0.3 is 5.32 Å². The first-order chi connectivity index (χ1) is 10.9. The summed E-state index contributed by atoms with van der Waals surface area (Å²) < 4.78 is 53.3. The molecule has 0 aliphatic carbocycles. The molecule has 0 atom stereocenters. The van der Waals surface area contributed by atoms with Gasteiger partial charge in [-0.3, -0.25) is 0 Å². The lowest BCUT2D eigenvalue weighted by Gasteiger charge is -2.09. The van der Waals surface area contributed by atoms with Crippen molar-refractivity contribution in [3.8, 4) is 0 Å². The Balaban J connectivity index is 1.82. The third kappa shape index (κ3) is 4.82. The second kappa shape index (κ2) is 7.63. The number of hydrogen-bond acceptors (Lipinski definition) is 3. The number of rotatable bonds is 7. The number of nitrogens with one attached hydrogen (secondary N) is 2. The molecule has 0 saturated carbocycles. The highest BCUT2D eigenvalue weighted by atomic mass is 32.2. The van der Waals surface area contributed by atoms with Crippen LogP contribution in [-0.4, -0.2) is 21.5 Å². The van der Waals surface area contributed by atoms with Gasteiger partial charge in [-0.05, 0) is 31.2 Å². The largest absolute Gasteiger partial charge is 0.311 e. The summed E-state index contributed by atoms with van der Waals surface area (Å²) >= 11 is 0. The van der Waals surface area contributed by atoms with Crippen molar-refractivity contribution in [1.82, 2.24) is 10.0 Å². The van der Waals surface area contributed by atoms with E-state index in [1.165, 1.54) is 30.3 Å². The lowest BCUT2D eigenvalue weighted by Crippen LogP contribution is -2.32. The summed E-state index contributed by atoms with van der Waals surface area (Å²) in [5.41, 5.74) is 0.909. The summed E-state index contributed by atoms with van der Waals surface area (Å²) in [6, 6.07) is 10.1. The highest BCUT2D eigenvalue weighted by molar-refractivity contribution is 7.89. The number of sulfonamides is 1. The van der Waals surface area contributed by atoms with Gasteiger partial charge in [0.25, 0.3) is 0 Å². The van der Waals surface area contributed by atoms with Crippen molar-refractivity contribution >= 4 is 10.0 Å². The summed E-state index contributed by atoms with van der Waals surface area (Å²) in [7, 11) is -3.58. The molecule has 0 aliphatic heterocycles. The predicted molar refractivity (Wildman–Crippen MR) is 84.4 cm³/mol. The maximum absolute atomic E-state index is 13.4. The smallest absolute Gasteiger partial charge is 0.240 e. The van der Waals surface area contributed by atoms with Crippen molar-refractivity contribution in [3.05, 3.63) is 65.2 Å². The molecule has 0 aliphatic rings. The van der Waals surface area contributed by atoms with Crippen LogP contribution in [0.2, 0.25) is 0 Å². The standard InChI is InChI=1S/C16H18F2N2O2S/c1-12-5-7-13(8-6-12)23(21,22)20-10-9-19-11-14-15(17)3-2-4-16(14)18/h2-8,19-20H,9-11H2,1H3.